The third kappa shape index (κ3) is 3.27. The van der Waals surface area contributed by atoms with Crippen LogP contribution in [0, 0.1) is 32.2 Å². The first-order valence-electron chi connectivity index (χ1n) is 12.2. The number of hydrogen-bond donors (Lipinski definition) is 1. The summed E-state index contributed by atoms with van der Waals surface area (Å²) in [6.07, 6.45) is 8.60. The summed E-state index contributed by atoms with van der Waals surface area (Å²) in [5.41, 5.74) is -1.42. The zero-order valence-corrected chi connectivity index (χ0v) is 23.1. The number of benzene rings is 1. The van der Waals surface area contributed by atoms with E-state index < -0.39 is 33.2 Å². The van der Waals surface area contributed by atoms with Crippen LogP contribution in [0.2, 0.25) is 0 Å². The zero-order valence-electron chi connectivity index (χ0n) is 20.1. The number of rotatable bonds is 3. The second-order valence-electron chi connectivity index (χ2n) is 11.2. The molecule has 0 saturated heterocycles. The van der Waals surface area contributed by atoms with Gasteiger partial charge in [0.1, 0.15) is 0 Å². The van der Waals surface area contributed by atoms with Crippen molar-refractivity contribution in [3.63, 3.8) is 0 Å². The molecule has 4 aliphatic rings. The fraction of sp³-hybridized carbons (Fsp3) is 0.536. The van der Waals surface area contributed by atoms with Gasteiger partial charge in [-0.3, -0.25) is 4.79 Å². The largest absolute Gasteiger partial charge is 0.478 e. The lowest BCUT2D eigenvalue weighted by Gasteiger charge is -2.62. The van der Waals surface area contributed by atoms with Crippen LogP contribution in [0.4, 0.5) is 0 Å². The van der Waals surface area contributed by atoms with Crippen molar-refractivity contribution < 1.29 is 24.2 Å². The van der Waals surface area contributed by atoms with Gasteiger partial charge < -0.3 is 9.84 Å². The zero-order chi connectivity index (χ0) is 25.4. The van der Waals surface area contributed by atoms with Gasteiger partial charge in [0.25, 0.3) is 0 Å². The predicted octanol–water partition coefficient (Wildman–Crippen LogP) is 6.19. The van der Waals surface area contributed by atoms with Crippen LogP contribution in [-0.4, -0.2) is 33.3 Å². The van der Waals surface area contributed by atoms with Crippen LogP contribution in [0.1, 0.15) is 63.2 Å². The lowest BCUT2D eigenvalue weighted by Crippen LogP contribution is -2.64. The molecule has 186 valence electrons. The number of ketones is 1. The minimum absolute atomic E-state index is 0.00120. The minimum Gasteiger partial charge on any atom is -0.478 e. The summed E-state index contributed by atoms with van der Waals surface area (Å²) in [4.78, 5) is 37.8. The molecule has 0 amide bonds. The topological polar surface area (TPSA) is 80.7 Å². The maximum Gasteiger partial charge on any atom is 0.349 e. The SMILES string of the molecule is C[C@@H]1C[C@H]2[C@@H]3CCC4=CC(=O)C=C[C@]4(C)[C@@]3(Cl)CC[C@]2(C)[C@@]1(OC(=O)c1cccc(I)c1)C(=O)O. The summed E-state index contributed by atoms with van der Waals surface area (Å²) in [7, 11) is 0. The number of carbonyl (C=O) groups is 3. The number of ether oxygens (including phenoxy) is 1. The van der Waals surface area contributed by atoms with Crippen LogP contribution in [0.25, 0.3) is 0 Å². The maximum absolute atomic E-state index is 13.3. The van der Waals surface area contributed by atoms with E-state index in [9.17, 15) is 19.5 Å². The number of esters is 1. The van der Waals surface area contributed by atoms with Crippen LogP contribution < -0.4 is 0 Å². The maximum atomic E-state index is 13.3. The van der Waals surface area contributed by atoms with E-state index in [-0.39, 0.29) is 23.5 Å². The number of carboxylic acids is 1. The van der Waals surface area contributed by atoms with Crippen molar-refractivity contribution >= 4 is 51.9 Å². The first kappa shape index (κ1) is 25.0. The lowest BCUT2D eigenvalue weighted by atomic mass is 9.46. The number of alkyl halides is 1. The molecule has 3 fully saturated rings. The van der Waals surface area contributed by atoms with E-state index >= 15 is 0 Å². The van der Waals surface area contributed by atoms with E-state index in [1.165, 1.54) is 0 Å². The van der Waals surface area contributed by atoms with Crippen LogP contribution in [0.5, 0.6) is 0 Å². The Morgan fingerprint density at radius 3 is 2.63 bits per heavy atom. The Hall–Kier alpha value is -1.67. The average molecular weight is 609 g/mol. The second kappa shape index (κ2) is 8.17. The summed E-state index contributed by atoms with van der Waals surface area (Å²) >= 11 is 9.67. The number of aliphatic carboxylic acids is 1. The molecule has 0 radical (unpaired) electrons. The van der Waals surface area contributed by atoms with Crippen molar-refractivity contribution in [3.8, 4) is 0 Å². The monoisotopic (exact) mass is 608 g/mol. The third-order valence-electron chi connectivity index (χ3n) is 9.83. The second-order valence-corrected chi connectivity index (χ2v) is 13.1. The van der Waals surface area contributed by atoms with Crippen molar-refractivity contribution in [2.75, 3.05) is 0 Å². The number of allylic oxidation sites excluding steroid dienone is 4. The van der Waals surface area contributed by atoms with Crippen molar-refractivity contribution in [1.82, 2.24) is 0 Å². The Labute approximate surface area is 224 Å². The van der Waals surface area contributed by atoms with Gasteiger partial charge in [0.2, 0.25) is 5.60 Å². The smallest absolute Gasteiger partial charge is 0.349 e. The Bertz CT molecular complexity index is 1190. The van der Waals surface area contributed by atoms with Gasteiger partial charge in [-0.25, -0.2) is 9.59 Å². The van der Waals surface area contributed by atoms with E-state index in [1.54, 1.807) is 30.4 Å². The Morgan fingerprint density at radius 2 is 1.94 bits per heavy atom. The Balaban J connectivity index is 1.55. The molecular formula is C28H30ClIO5. The number of carbonyl (C=O) groups excluding carboxylic acids is 2. The average Bonchev–Trinajstić information content (AvgIpc) is 3.02. The first-order valence-corrected chi connectivity index (χ1v) is 13.7. The fourth-order valence-electron chi connectivity index (χ4n) is 7.96. The van der Waals surface area contributed by atoms with Gasteiger partial charge in [-0.2, -0.15) is 0 Å². The van der Waals surface area contributed by atoms with Crippen molar-refractivity contribution in [2.24, 2.45) is 28.6 Å². The molecule has 0 heterocycles. The molecule has 35 heavy (non-hydrogen) atoms. The van der Waals surface area contributed by atoms with Gasteiger partial charge in [-0.1, -0.05) is 38.5 Å². The van der Waals surface area contributed by atoms with Gasteiger partial charge in [0, 0.05) is 20.3 Å². The van der Waals surface area contributed by atoms with Crippen molar-refractivity contribution in [2.45, 2.75) is 63.4 Å². The summed E-state index contributed by atoms with van der Waals surface area (Å²) in [5.74, 6) is -2.03. The molecule has 0 unspecified atom stereocenters. The van der Waals surface area contributed by atoms with Crippen LogP contribution in [0.15, 0.2) is 48.1 Å². The minimum atomic E-state index is -1.64. The predicted molar refractivity (Wildman–Crippen MR) is 141 cm³/mol. The molecule has 3 saturated carbocycles. The van der Waals surface area contributed by atoms with E-state index in [0.29, 0.717) is 24.8 Å². The van der Waals surface area contributed by atoms with Gasteiger partial charge in [0.15, 0.2) is 5.78 Å². The molecule has 5 rings (SSSR count). The first-order chi connectivity index (χ1) is 16.4. The summed E-state index contributed by atoms with van der Waals surface area (Å²) < 4.78 is 6.97. The molecule has 0 spiro atoms. The van der Waals surface area contributed by atoms with Gasteiger partial charge in [0.05, 0.1) is 10.4 Å². The summed E-state index contributed by atoms with van der Waals surface area (Å²) in [5, 5.41) is 10.6. The standard InChI is InChI=1S/C28H30ClIO5/c1-16-13-22-21-8-7-18-15-20(31)9-10-25(18,2)27(21,29)12-11-26(22,3)28(16,24(33)34)35-23(32)17-5-4-6-19(30)14-17/h4-6,9-10,14-16,21-22H,7-8,11-13H2,1-3H3,(H,33,34)/t16-,21+,22+,25+,26+,27-,28+/m1/s1. The van der Waals surface area contributed by atoms with Gasteiger partial charge in [-0.05, 0) is 96.9 Å². The number of fused-ring (bicyclic) bond motifs is 5. The molecule has 0 aliphatic heterocycles. The number of halogens is 2. The molecule has 1 aromatic carbocycles. The van der Waals surface area contributed by atoms with Crippen LogP contribution in [-0.2, 0) is 14.3 Å². The molecule has 0 aromatic heterocycles. The molecular weight excluding hydrogens is 579 g/mol. The summed E-state index contributed by atoms with van der Waals surface area (Å²) in [6.45, 7) is 6.00. The fourth-order valence-corrected chi connectivity index (χ4v) is 9.04. The highest BCUT2D eigenvalue weighted by atomic mass is 127. The van der Waals surface area contributed by atoms with E-state index in [2.05, 4.69) is 29.5 Å². The molecule has 1 N–H and O–H groups in total. The highest BCUT2D eigenvalue weighted by Crippen LogP contribution is 2.72. The Kier molecular flexibility index (Phi) is 5.83. The van der Waals surface area contributed by atoms with Crippen molar-refractivity contribution in [3.05, 3.63) is 57.2 Å². The molecule has 5 nitrogen and oxygen atoms in total. The van der Waals surface area contributed by atoms with Crippen LogP contribution in [0.3, 0.4) is 0 Å². The number of carboxylic acid groups (broad SMARTS) is 1. The molecule has 4 aliphatic carbocycles. The van der Waals surface area contributed by atoms with E-state index in [1.807, 2.05) is 26.0 Å². The third-order valence-corrected chi connectivity index (χ3v) is 11.4. The molecule has 1 aromatic rings. The Morgan fingerprint density at radius 1 is 1.20 bits per heavy atom. The van der Waals surface area contributed by atoms with Gasteiger partial charge >= 0.3 is 11.9 Å². The number of hydrogen-bond acceptors (Lipinski definition) is 4. The van der Waals surface area contributed by atoms with E-state index in [0.717, 1.165) is 22.0 Å². The quantitative estimate of drug-likeness (QED) is 0.252. The van der Waals surface area contributed by atoms with Crippen molar-refractivity contribution in [1.29, 1.82) is 0 Å². The van der Waals surface area contributed by atoms with Gasteiger partial charge in [-0.15, -0.1) is 11.6 Å². The highest BCUT2D eigenvalue weighted by Gasteiger charge is 2.74. The van der Waals surface area contributed by atoms with E-state index in [4.69, 9.17) is 16.3 Å². The molecule has 7 heteroatoms. The molecule has 0 bridgehead atoms. The summed E-state index contributed by atoms with van der Waals surface area (Å²) in [6, 6.07) is 7.03. The lowest BCUT2D eigenvalue weighted by molar-refractivity contribution is -0.186. The molecule has 7 atom stereocenters. The highest BCUT2D eigenvalue weighted by molar-refractivity contribution is 14.1. The normalized spacial score (nSPS) is 41.9. The van der Waals surface area contributed by atoms with Crippen LogP contribution >= 0.6 is 34.2 Å².